The molecule has 1 aromatic carbocycles. The second-order valence-electron chi connectivity index (χ2n) is 4.71. The smallest absolute Gasteiger partial charge is 0.326 e. The lowest BCUT2D eigenvalue weighted by Crippen LogP contribution is -2.48. The highest BCUT2D eigenvalue weighted by Gasteiger charge is 2.22. The number of amides is 2. The molecule has 1 aromatic rings. The summed E-state index contributed by atoms with van der Waals surface area (Å²) in [6.07, 6.45) is 1.13. The van der Waals surface area contributed by atoms with E-state index in [4.69, 9.17) is 5.11 Å². The Bertz CT molecular complexity index is 474. The largest absolute Gasteiger partial charge is 0.480 e. The Morgan fingerprint density at radius 2 is 2.05 bits per heavy atom. The second kappa shape index (κ2) is 7.53. The second-order valence-corrected chi connectivity index (χ2v) is 4.71. The molecule has 0 aliphatic rings. The maximum atomic E-state index is 12.2. The van der Waals surface area contributed by atoms with Crippen molar-refractivity contribution in [1.82, 2.24) is 5.32 Å². The fourth-order valence-electron chi connectivity index (χ4n) is 2.01. The fraction of sp³-hybridized carbons (Fsp3) is 0.467. The predicted molar refractivity (Wildman–Crippen MR) is 79.1 cm³/mol. The molecule has 0 radical (unpaired) electrons. The van der Waals surface area contributed by atoms with Crippen LogP contribution in [0.2, 0.25) is 0 Å². The van der Waals surface area contributed by atoms with Crippen molar-refractivity contribution < 1.29 is 14.7 Å². The van der Waals surface area contributed by atoms with Crippen molar-refractivity contribution in [2.24, 2.45) is 0 Å². The summed E-state index contributed by atoms with van der Waals surface area (Å²) in [7, 11) is 0. The lowest BCUT2D eigenvalue weighted by Gasteiger charge is -2.24. The summed E-state index contributed by atoms with van der Waals surface area (Å²) in [5.74, 6) is -1.000. The van der Waals surface area contributed by atoms with E-state index >= 15 is 0 Å². The molecule has 1 rings (SSSR count). The highest BCUT2D eigenvalue weighted by Crippen LogP contribution is 2.16. The maximum absolute atomic E-state index is 12.2. The summed E-state index contributed by atoms with van der Waals surface area (Å²) in [4.78, 5) is 24.9. The number of rotatable bonds is 6. The number of aliphatic carboxylic acids is 1. The number of anilines is 1. The number of hydrogen-bond acceptors (Lipinski definition) is 2. The molecule has 5 heteroatoms. The Morgan fingerprint density at radius 1 is 1.35 bits per heavy atom. The van der Waals surface area contributed by atoms with Gasteiger partial charge in [0.2, 0.25) is 0 Å². The number of nitrogens with one attached hydrogen (secondary N) is 1. The average Bonchev–Trinajstić information content (AvgIpc) is 2.39. The van der Waals surface area contributed by atoms with Gasteiger partial charge in [0.1, 0.15) is 6.04 Å². The first-order valence-corrected chi connectivity index (χ1v) is 6.87. The molecule has 0 bridgehead atoms. The molecule has 0 saturated carbocycles. The van der Waals surface area contributed by atoms with Crippen molar-refractivity contribution in [3.05, 3.63) is 29.8 Å². The summed E-state index contributed by atoms with van der Waals surface area (Å²) >= 11 is 0. The number of carboxylic acid groups (broad SMARTS) is 1. The Labute approximate surface area is 119 Å². The zero-order valence-electron chi connectivity index (χ0n) is 12.2. The van der Waals surface area contributed by atoms with Crippen molar-refractivity contribution in [3.8, 4) is 0 Å². The number of benzene rings is 1. The van der Waals surface area contributed by atoms with E-state index < -0.39 is 12.0 Å². The zero-order valence-corrected chi connectivity index (χ0v) is 12.2. The van der Waals surface area contributed by atoms with Crippen molar-refractivity contribution in [3.63, 3.8) is 0 Å². The van der Waals surface area contributed by atoms with E-state index in [1.54, 1.807) is 4.90 Å². The van der Waals surface area contributed by atoms with Crippen LogP contribution in [0.25, 0.3) is 0 Å². The van der Waals surface area contributed by atoms with E-state index in [0.717, 1.165) is 11.3 Å². The van der Waals surface area contributed by atoms with Crippen molar-refractivity contribution >= 4 is 17.7 Å². The number of urea groups is 1. The molecule has 0 aromatic heterocycles. The van der Waals surface area contributed by atoms with E-state index in [0.29, 0.717) is 19.4 Å². The molecule has 20 heavy (non-hydrogen) atoms. The van der Waals surface area contributed by atoms with Crippen molar-refractivity contribution in [2.75, 3.05) is 11.4 Å². The number of carboxylic acids is 1. The SMILES string of the molecule is CCCC(NC(=O)N(CC)c1cccc(C)c1)C(=O)O. The molecule has 0 aliphatic carbocycles. The van der Waals surface area contributed by atoms with Gasteiger partial charge >= 0.3 is 12.0 Å². The molecule has 0 fully saturated rings. The van der Waals surface area contributed by atoms with Crippen LogP contribution in [0.4, 0.5) is 10.5 Å². The Hall–Kier alpha value is -2.04. The van der Waals surface area contributed by atoms with Crippen LogP contribution in [0.3, 0.4) is 0 Å². The van der Waals surface area contributed by atoms with Crippen LogP contribution in [0.1, 0.15) is 32.3 Å². The van der Waals surface area contributed by atoms with Crippen LogP contribution in [0.5, 0.6) is 0 Å². The zero-order chi connectivity index (χ0) is 15.1. The minimum Gasteiger partial charge on any atom is -0.480 e. The lowest BCUT2D eigenvalue weighted by atomic mass is 10.1. The van der Waals surface area contributed by atoms with Crippen LogP contribution in [-0.4, -0.2) is 29.7 Å². The Morgan fingerprint density at radius 3 is 2.55 bits per heavy atom. The van der Waals surface area contributed by atoms with Gasteiger partial charge in [-0.25, -0.2) is 9.59 Å². The van der Waals surface area contributed by atoms with E-state index in [2.05, 4.69) is 5.32 Å². The summed E-state index contributed by atoms with van der Waals surface area (Å²) < 4.78 is 0. The molecular weight excluding hydrogens is 256 g/mol. The molecule has 2 amide bonds. The topological polar surface area (TPSA) is 69.6 Å². The van der Waals surface area contributed by atoms with E-state index in [-0.39, 0.29) is 6.03 Å². The van der Waals surface area contributed by atoms with Gasteiger partial charge in [-0.2, -0.15) is 0 Å². The average molecular weight is 278 g/mol. The van der Waals surface area contributed by atoms with Gasteiger partial charge in [-0.05, 0) is 38.0 Å². The number of hydrogen-bond donors (Lipinski definition) is 2. The van der Waals surface area contributed by atoms with Crippen LogP contribution in [0.15, 0.2) is 24.3 Å². The Balaban J connectivity index is 2.84. The first-order chi connectivity index (χ1) is 9.49. The van der Waals surface area contributed by atoms with Gasteiger partial charge in [-0.3, -0.25) is 4.90 Å². The summed E-state index contributed by atoms with van der Waals surface area (Å²) in [5, 5.41) is 11.7. The number of nitrogens with zero attached hydrogens (tertiary/aromatic N) is 1. The molecule has 0 spiro atoms. The quantitative estimate of drug-likeness (QED) is 0.840. The van der Waals surface area contributed by atoms with Gasteiger partial charge in [0.25, 0.3) is 0 Å². The molecule has 0 saturated heterocycles. The van der Waals surface area contributed by atoms with Gasteiger partial charge in [-0.15, -0.1) is 0 Å². The summed E-state index contributed by atoms with van der Waals surface area (Å²) in [6, 6.07) is 6.35. The van der Waals surface area contributed by atoms with Gasteiger partial charge in [0.15, 0.2) is 0 Å². The van der Waals surface area contributed by atoms with Crippen LogP contribution in [-0.2, 0) is 4.79 Å². The molecule has 2 N–H and O–H groups in total. The number of carbonyl (C=O) groups excluding carboxylic acids is 1. The highest BCUT2D eigenvalue weighted by molar-refractivity contribution is 5.94. The minimum absolute atomic E-state index is 0.376. The molecule has 110 valence electrons. The van der Waals surface area contributed by atoms with Gasteiger partial charge in [0, 0.05) is 12.2 Å². The van der Waals surface area contributed by atoms with E-state index in [1.807, 2.05) is 45.0 Å². The van der Waals surface area contributed by atoms with Crippen LogP contribution in [0, 0.1) is 6.92 Å². The third-order valence-electron chi connectivity index (χ3n) is 3.05. The monoisotopic (exact) mass is 278 g/mol. The number of aryl methyl sites for hydroxylation is 1. The molecule has 1 unspecified atom stereocenters. The normalized spacial score (nSPS) is 11.8. The third kappa shape index (κ3) is 4.26. The first kappa shape index (κ1) is 16.0. The van der Waals surface area contributed by atoms with E-state index in [1.165, 1.54) is 0 Å². The molecule has 0 heterocycles. The molecule has 5 nitrogen and oxygen atoms in total. The van der Waals surface area contributed by atoms with Gasteiger partial charge in [0.05, 0.1) is 0 Å². The van der Waals surface area contributed by atoms with Crippen molar-refractivity contribution in [2.45, 2.75) is 39.7 Å². The number of carbonyl (C=O) groups is 2. The van der Waals surface area contributed by atoms with E-state index in [9.17, 15) is 9.59 Å². The molecular formula is C15H22N2O3. The van der Waals surface area contributed by atoms with Gasteiger partial charge < -0.3 is 10.4 Å². The summed E-state index contributed by atoms with van der Waals surface area (Å²) in [6.45, 7) is 6.18. The third-order valence-corrected chi connectivity index (χ3v) is 3.05. The molecule has 0 aliphatic heterocycles. The summed E-state index contributed by atoms with van der Waals surface area (Å²) in [5.41, 5.74) is 1.82. The molecule has 1 atom stereocenters. The fourth-order valence-corrected chi connectivity index (χ4v) is 2.01. The Kier molecular flexibility index (Phi) is 6.03. The lowest BCUT2D eigenvalue weighted by molar-refractivity contribution is -0.139. The van der Waals surface area contributed by atoms with Crippen LogP contribution >= 0.6 is 0 Å². The standard InChI is InChI=1S/C15H22N2O3/c1-4-7-13(14(18)19)16-15(20)17(5-2)12-9-6-8-11(3)10-12/h6,8-10,13H,4-5,7H2,1-3H3,(H,16,20)(H,18,19). The highest BCUT2D eigenvalue weighted by atomic mass is 16.4. The van der Waals surface area contributed by atoms with Crippen molar-refractivity contribution in [1.29, 1.82) is 0 Å². The first-order valence-electron chi connectivity index (χ1n) is 6.87. The van der Waals surface area contributed by atoms with Crippen LogP contribution < -0.4 is 10.2 Å². The maximum Gasteiger partial charge on any atom is 0.326 e. The minimum atomic E-state index is -1.000. The predicted octanol–water partition coefficient (Wildman–Crippen LogP) is 2.78. The van der Waals surface area contributed by atoms with Gasteiger partial charge in [-0.1, -0.05) is 25.5 Å².